The molecule has 0 amide bonds. The second kappa shape index (κ2) is 3.65. The predicted molar refractivity (Wildman–Crippen MR) is 46.4 cm³/mol. The van der Waals surface area contributed by atoms with Crippen LogP contribution < -0.4 is 0 Å². The van der Waals surface area contributed by atoms with Gasteiger partial charge in [-0.15, -0.1) is 5.10 Å². The normalized spacial score (nSPS) is 19.3. The van der Waals surface area contributed by atoms with E-state index in [0.29, 0.717) is 5.92 Å². The Bertz CT molecular complexity index is 227. The first-order valence-corrected chi connectivity index (χ1v) is 4.48. The molecule has 1 saturated carbocycles. The maximum atomic E-state index is 4.08. The van der Waals surface area contributed by atoms with Crippen molar-refractivity contribution in [2.75, 3.05) is 0 Å². The molecule has 2 rings (SSSR count). The third-order valence-corrected chi connectivity index (χ3v) is 2.41. The monoisotopic (exact) mass is 160 g/mol. The van der Waals surface area contributed by atoms with Gasteiger partial charge in [0.15, 0.2) is 0 Å². The van der Waals surface area contributed by atoms with Crippen molar-refractivity contribution < 1.29 is 0 Å². The van der Waals surface area contributed by atoms with Gasteiger partial charge < -0.3 is 0 Å². The zero-order valence-electron chi connectivity index (χ0n) is 7.03. The molecule has 0 aromatic carbocycles. The molecule has 2 nitrogen and oxygen atoms in total. The summed E-state index contributed by atoms with van der Waals surface area (Å²) in [4.78, 5) is 0. The average molecular weight is 160 g/mol. The lowest BCUT2D eigenvalue weighted by atomic mass is 9.87. The van der Waals surface area contributed by atoms with Crippen LogP contribution in [0.15, 0.2) is 12.1 Å². The van der Waals surface area contributed by atoms with Crippen LogP contribution in [0.5, 0.6) is 0 Å². The fraction of sp³-hybridized carbons (Fsp3) is 0.500. The van der Waals surface area contributed by atoms with Crippen LogP contribution in [-0.4, -0.2) is 10.2 Å². The summed E-state index contributed by atoms with van der Waals surface area (Å²) < 4.78 is 0. The van der Waals surface area contributed by atoms with Crippen molar-refractivity contribution in [2.45, 2.75) is 31.6 Å². The van der Waals surface area contributed by atoms with E-state index in [1.54, 1.807) is 0 Å². The first kappa shape index (κ1) is 7.71. The SMILES string of the molecule is [c]1ccc(C2CC[CH]CC2)nn1. The molecule has 1 fully saturated rings. The van der Waals surface area contributed by atoms with Crippen molar-refractivity contribution in [2.24, 2.45) is 0 Å². The van der Waals surface area contributed by atoms with E-state index >= 15 is 0 Å². The molecule has 0 spiro atoms. The summed E-state index contributed by atoms with van der Waals surface area (Å²) in [5.74, 6) is 0.636. The maximum Gasteiger partial charge on any atom is 0.113 e. The van der Waals surface area contributed by atoms with Gasteiger partial charge in [-0.1, -0.05) is 0 Å². The van der Waals surface area contributed by atoms with Crippen molar-refractivity contribution >= 4 is 0 Å². The Morgan fingerprint density at radius 2 is 2.17 bits per heavy atom. The number of rotatable bonds is 1. The fourth-order valence-electron chi connectivity index (χ4n) is 1.72. The molecule has 0 N–H and O–H groups in total. The standard InChI is InChI=1S/C10H12N2/c1-2-5-9(6-3-1)10-7-4-8-11-12-10/h1,4,7,9H,2-3,5-6H2. The van der Waals surface area contributed by atoms with Gasteiger partial charge in [-0.25, -0.2) is 0 Å². The highest BCUT2D eigenvalue weighted by Crippen LogP contribution is 2.30. The van der Waals surface area contributed by atoms with Gasteiger partial charge in [0, 0.05) is 5.92 Å². The zero-order valence-corrected chi connectivity index (χ0v) is 7.03. The van der Waals surface area contributed by atoms with Crippen LogP contribution in [0, 0.1) is 12.6 Å². The van der Waals surface area contributed by atoms with Crippen LogP contribution >= 0.6 is 0 Å². The van der Waals surface area contributed by atoms with E-state index in [1.807, 2.05) is 12.1 Å². The van der Waals surface area contributed by atoms with E-state index in [4.69, 9.17) is 0 Å². The zero-order chi connectivity index (χ0) is 8.23. The number of aromatic nitrogens is 2. The lowest BCUT2D eigenvalue weighted by molar-refractivity contribution is 0.497. The highest BCUT2D eigenvalue weighted by atomic mass is 15.1. The van der Waals surface area contributed by atoms with E-state index in [0.717, 1.165) is 5.69 Å². The second-order valence-corrected chi connectivity index (χ2v) is 3.23. The lowest BCUT2D eigenvalue weighted by Crippen LogP contribution is -2.07. The largest absolute Gasteiger partial charge is 0.155 e. The maximum absolute atomic E-state index is 4.08. The lowest BCUT2D eigenvalue weighted by Gasteiger charge is -2.19. The fourth-order valence-corrected chi connectivity index (χ4v) is 1.72. The summed E-state index contributed by atoms with van der Waals surface area (Å²) >= 11 is 0. The highest BCUT2D eigenvalue weighted by molar-refractivity contribution is 5.07. The number of nitrogens with zero attached hydrogens (tertiary/aromatic N) is 2. The molecule has 12 heavy (non-hydrogen) atoms. The number of hydrogen-bond donors (Lipinski definition) is 0. The topological polar surface area (TPSA) is 25.8 Å². The van der Waals surface area contributed by atoms with Gasteiger partial charge in [-0.3, -0.25) is 0 Å². The van der Waals surface area contributed by atoms with E-state index in [1.165, 1.54) is 25.7 Å². The molecular weight excluding hydrogens is 148 g/mol. The van der Waals surface area contributed by atoms with Crippen molar-refractivity contribution in [3.05, 3.63) is 30.4 Å². The molecule has 1 heterocycles. The van der Waals surface area contributed by atoms with E-state index in [-0.39, 0.29) is 0 Å². The summed E-state index contributed by atoms with van der Waals surface area (Å²) in [6, 6.07) is 3.88. The molecular formula is C10H12N2. The Hall–Kier alpha value is -0.920. The molecule has 0 bridgehead atoms. The van der Waals surface area contributed by atoms with E-state index in [9.17, 15) is 0 Å². The molecule has 2 radical (unpaired) electrons. The van der Waals surface area contributed by atoms with Gasteiger partial charge in [0.05, 0.1) is 5.69 Å². The molecule has 1 aromatic rings. The average Bonchev–Trinajstić information content (AvgIpc) is 2.21. The molecule has 1 aromatic heterocycles. The first-order valence-electron chi connectivity index (χ1n) is 4.48. The molecule has 0 aliphatic heterocycles. The van der Waals surface area contributed by atoms with Gasteiger partial charge in [0.1, 0.15) is 6.20 Å². The van der Waals surface area contributed by atoms with Crippen LogP contribution in [0.25, 0.3) is 0 Å². The molecule has 1 aliphatic rings. The Balaban J connectivity index is 2.08. The summed E-state index contributed by atoms with van der Waals surface area (Å²) in [6.07, 6.45) is 9.99. The summed E-state index contributed by atoms with van der Waals surface area (Å²) in [5, 5.41) is 7.86. The quantitative estimate of drug-likeness (QED) is 0.629. The Morgan fingerprint density at radius 1 is 1.33 bits per heavy atom. The Labute approximate surface area is 73.0 Å². The van der Waals surface area contributed by atoms with Crippen LogP contribution in [0.1, 0.15) is 37.3 Å². The van der Waals surface area contributed by atoms with Crippen LogP contribution in [0.3, 0.4) is 0 Å². The van der Waals surface area contributed by atoms with Gasteiger partial charge in [-0.2, -0.15) is 5.10 Å². The Kier molecular flexibility index (Phi) is 2.35. The van der Waals surface area contributed by atoms with Crippen molar-refractivity contribution in [1.29, 1.82) is 0 Å². The minimum absolute atomic E-state index is 0.636. The molecule has 62 valence electrons. The van der Waals surface area contributed by atoms with E-state index < -0.39 is 0 Å². The predicted octanol–water partition coefficient (Wildman–Crippen LogP) is 2.14. The van der Waals surface area contributed by atoms with Crippen molar-refractivity contribution in [3.8, 4) is 0 Å². The summed E-state index contributed by atoms with van der Waals surface area (Å²) in [5.41, 5.74) is 1.14. The summed E-state index contributed by atoms with van der Waals surface area (Å²) in [6.45, 7) is 0. The third kappa shape index (κ3) is 1.63. The smallest absolute Gasteiger partial charge is 0.113 e. The third-order valence-electron chi connectivity index (χ3n) is 2.41. The molecule has 1 aliphatic carbocycles. The number of hydrogen-bond acceptors (Lipinski definition) is 2. The minimum atomic E-state index is 0.636. The minimum Gasteiger partial charge on any atom is -0.155 e. The molecule has 2 heteroatoms. The van der Waals surface area contributed by atoms with Gasteiger partial charge in [-0.05, 0) is 44.2 Å². The Morgan fingerprint density at radius 3 is 2.83 bits per heavy atom. The van der Waals surface area contributed by atoms with Gasteiger partial charge in [0.25, 0.3) is 0 Å². The van der Waals surface area contributed by atoms with Crippen LogP contribution in [0.2, 0.25) is 0 Å². The highest BCUT2D eigenvalue weighted by Gasteiger charge is 2.16. The molecule has 0 unspecified atom stereocenters. The van der Waals surface area contributed by atoms with Crippen LogP contribution in [-0.2, 0) is 0 Å². The first-order chi connectivity index (χ1) is 5.97. The van der Waals surface area contributed by atoms with Crippen molar-refractivity contribution in [3.63, 3.8) is 0 Å². The van der Waals surface area contributed by atoms with Gasteiger partial charge in [0.2, 0.25) is 0 Å². The van der Waals surface area contributed by atoms with E-state index in [2.05, 4.69) is 22.8 Å². The second-order valence-electron chi connectivity index (χ2n) is 3.23. The van der Waals surface area contributed by atoms with Crippen LogP contribution in [0.4, 0.5) is 0 Å². The van der Waals surface area contributed by atoms with Gasteiger partial charge >= 0.3 is 0 Å². The molecule has 0 saturated heterocycles. The summed E-state index contributed by atoms with van der Waals surface area (Å²) in [7, 11) is 0. The van der Waals surface area contributed by atoms with Crippen molar-refractivity contribution in [1.82, 2.24) is 10.2 Å². The molecule has 0 atom stereocenters.